The fourth-order valence-electron chi connectivity index (χ4n) is 1.53. The summed E-state index contributed by atoms with van der Waals surface area (Å²) in [6, 6.07) is 6.81. The Morgan fingerprint density at radius 1 is 0.789 bits per heavy atom. The lowest BCUT2D eigenvalue weighted by Gasteiger charge is -2.03. The molecule has 0 N–H and O–H groups in total. The minimum atomic E-state index is -0.565. The Kier molecular flexibility index (Phi) is 4.34. The van der Waals surface area contributed by atoms with E-state index in [1.165, 1.54) is 0 Å². The van der Waals surface area contributed by atoms with E-state index >= 15 is 0 Å². The molecule has 19 heavy (non-hydrogen) atoms. The molecule has 0 amide bonds. The molecule has 5 heteroatoms. The average molecular weight is 256 g/mol. The Morgan fingerprint density at radius 2 is 1.16 bits per heavy atom. The van der Waals surface area contributed by atoms with E-state index in [1.807, 2.05) is 0 Å². The molecule has 0 saturated carbocycles. The van der Waals surface area contributed by atoms with E-state index < -0.39 is 11.9 Å². The maximum atomic E-state index is 11.5. The van der Waals surface area contributed by atoms with Crippen LogP contribution in [0, 0.1) is 0 Å². The number of esters is 2. The van der Waals surface area contributed by atoms with E-state index in [9.17, 15) is 9.59 Å². The van der Waals surface area contributed by atoms with Gasteiger partial charge in [0.2, 0.25) is 0 Å². The first-order valence-corrected chi connectivity index (χ1v) is 5.75. The molecule has 0 fully saturated rings. The first-order valence-electron chi connectivity index (χ1n) is 5.75. The number of rotatable bonds is 4. The molecule has 0 radical (unpaired) electrons. The quantitative estimate of drug-likeness (QED) is 0.609. The monoisotopic (exact) mass is 256 g/mol. The summed E-state index contributed by atoms with van der Waals surface area (Å²) in [6.07, 6.45) is 6.46. The SMILES string of the molecule is O=C(Cc1ccncc1)OC(=O)Cc1ccncc1. The number of aromatic nitrogens is 2. The van der Waals surface area contributed by atoms with E-state index in [0.29, 0.717) is 0 Å². The van der Waals surface area contributed by atoms with Gasteiger partial charge >= 0.3 is 11.9 Å². The molecular formula is C14H12N2O3. The normalized spacial score (nSPS) is 9.89. The largest absolute Gasteiger partial charge is 0.393 e. The lowest BCUT2D eigenvalue weighted by atomic mass is 10.2. The van der Waals surface area contributed by atoms with Crippen LogP contribution in [0.15, 0.2) is 49.1 Å². The number of ether oxygens (including phenoxy) is 1. The van der Waals surface area contributed by atoms with Gasteiger partial charge in [0.1, 0.15) is 0 Å². The molecule has 96 valence electrons. The molecule has 2 aromatic heterocycles. The minimum absolute atomic E-state index is 0.0601. The molecule has 0 atom stereocenters. The van der Waals surface area contributed by atoms with Gasteiger partial charge in [-0.25, -0.2) is 0 Å². The van der Waals surface area contributed by atoms with Crippen molar-refractivity contribution in [3.63, 3.8) is 0 Å². The van der Waals surface area contributed by atoms with Crippen LogP contribution in [-0.2, 0) is 27.2 Å². The van der Waals surface area contributed by atoms with Crippen LogP contribution in [0.25, 0.3) is 0 Å². The van der Waals surface area contributed by atoms with E-state index in [1.54, 1.807) is 49.1 Å². The van der Waals surface area contributed by atoms with Crippen LogP contribution in [0.3, 0.4) is 0 Å². The zero-order valence-corrected chi connectivity index (χ0v) is 10.2. The van der Waals surface area contributed by atoms with Crippen LogP contribution in [-0.4, -0.2) is 21.9 Å². The van der Waals surface area contributed by atoms with Gasteiger partial charge in [-0.15, -0.1) is 0 Å². The number of carbonyl (C=O) groups is 2. The van der Waals surface area contributed by atoms with Gasteiger partial charge in [-0.1, -0.05) is 0 Å². The Bertz CT molecular complexity index is 504. The van der Waals surface area contributed by atoms with Crippen molar-refractivity contribution < 1.29 is 14.3 Å². The molecular weight excluding hydrogens is 244 g/mol. The van der Waals surface area contributed by atoms with Crippen molar-refractivity contribution in [2.75, 3.05) is 0 Å². The topological polar surface area (TPSA) is 69.2 Å². The van der Waals surface area contributed by atoms with E-state index in [-0.39, 0.29) is 12.8 Å². The van der Waals surface area contributed by atoms with Crippen molar-refractivity contribution in [2.45, 2.75) is 12.8 Å². The Labute approximate surface area is 110 Å². The van der Waals surface area contributed by atoms with Crippen LogP contribution in [0.5, 0.6) is 0 Å². The van der Waals surface area contributed by atoms with Crippen LogP contribution >= 0.6 is 0 Å². The highest BCUT2D eigenvalue weighted by Crippen LogP contribution is 2.02. The van der Waals surface area contributed by atoms with E-state index in [4.69, 9.17) is 4.74 Å². The van der Waals surface area contributed by atoms with Crippen LogP contribution in [0.1, 0.15) is 11.1 Å². The minimum Gasteiger partial charge on any atom is -0.393 e. The third kappa shape index (κ3) is 4.31. The molecule has 0 aliphatic heterocycles. The van der Waals surface area contributed by atoms with Crippen molar-refractivity contribution in [1.82, 2.24) is 9.97 Å². The van der Waals surface area contributed by atoms with Crippen LogP contribution in [0.2, 0.25) is 0 Å². The molecule has 0 aliphatic rings. The summed E-state index contributed by atoms with van der Waals surface area (Å²) in [5.74, 6) is -1.13. The van der Waals surface area contributed by atoms with Crippen LogP contribution in [0.4, 0.5) is 0 Å². The van der Waals surface area contributed by atoms with Gasteiger partial charge in [-0.05, 0) is 35.4 Å². The molecule has 0 spiro atoms. The Balaban J connectivity index is 1.84. The van der Waals surface area contributed by atoms with Gasteiger partial charge in [0, 0.05) is 24.8 Å². The fourth-order valence-corrected chi connectivity index (χ4v) is 1.53. The van der Waals surface area contributed by atoms with Crippen LogP contribution < -0.4 is 0 Å². The summed E-state index contributed by atoms with van der Waals surface area (Å²) in [4.78, 5) is 30.8. The van der Waals surface area contributed by atoms with Crippen molar-refractivity contribution >= 4 is 11.9 Å². The standard InChI is InChI=1S/C14H12N2O3/c17-13(9-11-1-5-15-6-2-11)19-14(18)10-12-3-7-16-8-4-12/h1-8H,9-10H2. The number of pyridine rings is 2. The van der Waals surface area contributed by atoms with Crippen molar-refractivity contribution in [2.24, 2.45) is 0 Å². The molecule has 2 heterocycles. The molecule has 0 aromatic carbocycles. The zero-order valence-electron chi connectivity index (χ0n) is 10.2. The van der Waals surface area contributed by atoms with Gasteiger partial charge in [-0.2, -0.15) is 0 Å². The molecule has 5 nitrogen and oxygen atoms in total. The van der Waals surface area contributed by atoms with Crippen molar-refractivity contribution in [1.29, 1.82) is 0 Å². The fraction of sp³-hybridized carbons (Fsp3) is 0.143. The second-order valence-corrected chi connectivity index (χ2v) is 3.91. The van der Waals surface area contributed by atoms with Gasteiger partial charge in [0.15, 0.2) is 0 Å². The molecule has 2 aromatic rings. The summed E-state index contributed by atoms with van der Waals surface area (Å²) in [6.45, 7) is 0. The second kappa shape index (κ2) is 6.39. The Morgan fingerprint density at radius 3 is 1.53 bits per heavy atom. The maximum absolute atomic E-state index is 11.5. The number of carbonyl (C=O) groups excluding carboxylic acids is 2. The van der Waals surface area contributed by atoms with Crippen molar-refractivity contribution in [3.8, 4) is 0 Å². The third-order valence-corrected chi connectivity index (χ3v) is 2.42. The average Bonchev–Trinajstić information content (AvgIpc) is 2.40. The predicted octanol–water partition coefficient (Wildman–Crippen LogP) is 1.33. The summed E-state index contributed by atoms with van der Waals surface area (Å²) in [7, 11) is 0. The highest BCUT2D eigenvalue weighted by molar-refractivity contribution is 5.87. The molecule has 0 saturated heterocycles. The summed E-state index contributed by atoms with van der Waals surface area (Å²) in [5, 5.41) is 0. The third-order valence-electron chi connectivity index (χ3n) is 2.42. The summed E-state index contributed by atoms with van der Waals surface area (Å²) < 4.78 is 4.74. The van der Waals surface area contributed by atoms with Gasteiger partial charge in [-0.3, -0.25) is 19.6 Å². The first-order chi connectivity index (χ1) is 9.24. The lowest BCUT2D eigenvalue weighted by molar-refractivity contribution is -0.158. The zero-order chi connectivity index (χ0) is 13.5. The molecule has 0 bridgehead atoms. The van der Waals surface area contributed by atoms with Gasteiger partial charge in [0.25, 0.3) is 0 Å². The smallest absolute Gasteiger partial charge is 0.317 e. The maximum Gasteiger partial charge on any atom is 0.317 e. The number of hydrogen-bond acceptors (Lipinski definition) is 5. The van der Waals surface area contributed by atoms with Gasteiger partial charge < -0.3 is 4.74 Å². The summed E-state index contributed by atoms with van der Waals surface area (Å²) in [5.41, 5.74) is 1.52. The highest BCUT2D eigenvalue weighted by atomic mass is 16.6. The van der Waals surface area contributed by atoms with Gasteiger partial charge in [0.05, 0.1) is 12.8 Å². The number of nitrogens with zero attached hydrogens (tertiary/aromatic N) is 2. The number of hydrogen-bond donors (Lipinski definition) is 0. The summed E-state index contributed by atoms with van der Waals surface area (Å²) >= 11 is 0. The first kappa shape index (κ1) is 12.9. The second-order valence-electron chi connectivity index (χ2n) is 3.91. The predicted molar refractivity (Wildman–Crippen MR) is 67.0 cm³/mol. The molecule has 0 unspecified atom stereocenters. The lowest BCUT2D eigenvalue weighted by Crippen LogP contribution is -2.16. The molecule has 2 rings (SSSR count). The molecule has 0 aliphatic carbocycles. The Hall–Kier alpha value is -2.56. The van der Waals surface area contributed by atoms with E-state index in [0.717, 1.165) is 11.1 Å². The van der Waals surface area contributed by atoms with Crippen molar-refractivity contribution in [3.05, 3.63) is 60.2 Å². The highest BCUT2D eigenvalue weighted by Gasteiger charge is 2.11. The van der Waals surface area contributed by atoms with E-state index in [2.05, 4.69) is 9.97 Å².